The molecule has 0 saturated heterocycles. The van der Waals surface area contributed by atoms with Crippen molar-refractivity contribution < 1.29 is 8.91 Å². The van der Waals surface area contributed by atoms with Crippen molar-refractivity contribution in [3.63, 3.8) is 0 Å². The Morgan fingerprint density at radius 2 is 1.73 bits per heavy atom. The van der Waals surface area contributed by atoms with Crippen LogP contribution in [0.25, 0.3) is 16.8 Å². The molecule has 0 aliphatic rings. The van der Waals surface area contributed by atoms with Crippen molar-refractivity contribution in [2.45, 2.75) is 20.8 Å². The number of nitrogens with zero attached hydrogens (tertiary/aromatic N) is 4. The van der Waals surface area contributed by atoms with Crippen LogP contribution in [0.1, 0.15) is 17.0 Å². The molecule has 33 heavy (non-hydrogen) atoms. The fraction of sp³-hybridized carbons (Fsp3) is 0.111. The molecule has 5 aromatic rings. The molecule has 0 unspecified atom stereocenters. The van der Waals surface area contributed by atoms with E-state index in [1.165, 1.54) is 6.07 Å². The Kier molecular flexibility index (Phi) is 5.26. The Hall–Kier alpha value is -4.19. The van der Waals surface area contributed by atoms with E-state index >= 15 is 0 Å². The van der Waals surface area contributed by atoms with Crippen LogP contribution in [0, 0.1) is 26.6 Å². The largest absolute Gasteiger partial charge is 0.361 e. The molecule has 6 heteroatoms. The number of para-hydroxylation sites is 1. The molecular formula is C27H23FN4O. The van der Waals surface area contributed by atoms with Crippen molar-refractivity contribution in [3.8, 4) is 16.8 Å². The third-order valence-electron chi connectivity index (χ3n) is 5.76. The summed E-state index contributed by atoms with van der Waals surface area (Å²) in [5.74, 6) is 0.462. The topological polar surface area (TPSA) is 47.1 Å². The lowest BCUT2D eigenvalue weighted by molar-refractivity contribution is 0.393. The summed E-state index contributed by atoms with van der Waals surface area (Å²) in [5.41, 5.74) is 7.17. The van der Waals surface area contributed by atoms with Crippen molar-refractivity contribution in [2.75, 3.05) is 4.90 Å². The predicted octanol–water partition coefficient (Wildman–Crippen LogP) is 7.06. The molecule has 5 nitrogen and oxygen atoms in total. The zero-order valence-electron chi connectivity index (χ0n) is 18.7. The molecule has 0 atom stereocenters. The molecule has 0 aliphatic carbocycles. The third-order valence-corrected chi connectivity index (χ3v) is 5.76. The third kappa shape index (κ3) is 3.80. The molecule has 0 fully saturated rings. The summed E-state index contributed by atoms with van der Waals surface area (Å²) in [7, 11) is 0. The van der Waals surface area contributed by atoms with Crippen LogP contribution in [-0.2, 0) is 0 Å². The van der Waals surface area contributed by atoms with Gasteiger partial charge in [0.2, 0.25) is 0 Å². The summed E-state index contributed by atoms with van der Waals surface area (Å²) in [4.78, 5) is 6.20. The van der Waals surface area contributed by atoms with Gasteiger partial charge in [0, 0.05) is 35.0 Å². The number of aryl methyl sites for hydroxylation is 3. The summed E-state index contributed by atoms with van der Waals surface area (Å²) in [6, 6.07) is 21.5. The quantitative estimate of drug-likeness (QED) is 0.295. The number of hydrogen-bond donors (Lipinski definition) is 0. The Bertz CT molecular complexity index is 1390. The maximum Gasteiger partial charge on any atom is 0.147 e. The average molecular weight is 439 g/mol. The van der Waals surface area contributed by atoms with E-state index in [1.54, 1.807) is 29.4 Å². The first kappa shape index (κ1) is 20.7. The van der Waals surface area contributed by atoms with Crippen molar-refractivity contribution in [3.05, 3.63) is 108 Å². The SMILES string of the molecule is Cc1ccc(-c2c(C)noc2C)cc1N(c1ccccc1)c1ccc(F)c(-n2ccnc2)c1. The molecule has 164 valence electrons. The van der Waals surface area contributed by atoms with Crippen LogP contribution >= 0.6 is 0 Å². The second-order valence-corrected chi connectivity index (χ2v) is 7.98. The maximum absolute atomic E-state index is 14.7. The first-order chi connectivity index (χ1) is 16.0. The summed E-state index contributed by atoms with van der Waals surface area (Å²) in [5, 5.41) is 4.12. The second-order valence-electron chi connectivity index (χ2n) is 7.98. The highest BCUT2D eigenvalue weighted by Crippen LogP contribution is 2.40. The monoisotopic (exact) mass is 438 g/mol. The highest BCUT2D eigenvalue weighted by Gasteiger charge is 2.19. The summed E-state index contributed by atoms with van der Waals surface area (Å²) >= 11 is 0. The number of halogens is 1. The fourth-order valence-electron chi connectivity index (χ4n) is 4.14. The van der Waals surface area contributed by atoms with Crippen molar-refractivity contribution >= 4 is 17.1 Å². The number of rotatable bonds is 5. The Balaban J connectivity index is 1.72. The molecule has 5 rings (SSSR count). The number of anilines is 3. The van der Waals surface area contributed by atoms with Crippen LogP contribution in [-0.4, -0.2) is 14.7 Å². The van der Waals surface area contributed by atoms with E-state index in [-0.39, 0.29) is 5.82 Å². The van der Waals surface area contributed by atoms with Gasteiger partial charge in [0.25, 0.3) is 0 Å². The van der Waals surface area contributed by atoms with Crippen molar-refractivity contribution in [2.24, 2.45) is 0 Å². The van der Waals surface area contributed by atoms with E-state index in [9.17, 15) is 4.39 Å². The molecule has 0 spiro atoms. The standard InChI is InChI=1S/C27H23FN4O/c1-18-9-10-21(27-19(2)30-33-20(27)3)15-25(18)32(22-7-5-4-6-8-22)23-11-12-24(28)26(16-23)31-14-13-29-17-31/h4-17H,1-3H3. The van der Waals surface area contributed by atoms with E-state index in [0.29, 0.717) is 5.69 Å². The zero-order valence-corrected chi connectivity index (χ0v) is 18.7. The van der Waals surface area contributed by atoms with Gasteiger partial charge in [-0.15, -0.1) is 0 Å². The lowest BCUT2D eigenvalue weighted by Crippen LogP contribution is -2.12. The van der Waals surface area contributed by atoms with Crippen LogP contribution in [0.2, 0.25) is 0 Å². The fourth-order valence-corrected chi connectivity index (χ4v) is 4.14. The van der Waals surface area contributed by atoms with Gasteiger partial charge in [-0.3, -0.25) is 0 Å². The molecule has 0 N–H and O–H groups in total. The van der Waals surface area contributed by atoms with Crippen molar-refractivity contribution in [1.29, 1.82) is 0 Å². The average Bonchev–Trinajstić information content (AvgIpc) is 3.47. The van der Waals surface area contributed by atoms with Crippen LogP contribution < -0.4 is 4.90 Å². The molecular weight excluding hydrogens is 415 g/mol. The van der Waals surface area contributed by atoms with E-state index in [2.05, 4.69) is 40.2 Å². The smallest absolute Gasteiger partial charge is 0.147 e. The van der Waals surface area contributed by atoms with Gasteiger partial charge in [-0.2, -0.15) is 0 Å². The van der Waals surface area contributed by atoms with Gasteiger partial charge in [-0.25, -0.2) is 9.37 Å². The van der Waals surface area contributed by atoms with Gasteiger partial charge in [-0.1, -0.05) is 35.5 Å². The minimum absolute atomic E-state index is 0.314. The van der Waals surface area contributed by atoms with Crippen molar-refractivity contribution in [1.82, 2.24) is 14.7 Å². The lowest BCUT2D eigenvalue weighted by Gasteiger charge is -2.28. The molecule has 0 bridgehead atoms. The molecule has 3 aromatic carbocycles. The molecule has 2 heterocycles. The summed E-state index contributed by atoms with van der Waals surface area (Å²) in [6.45, 7) is 5.93. The van der Waals surface area contributed by atoms with Crippen LogP contribution in [0.3, 0.4) is 0 Å². The first-order valence-corrected chi connectivity index (χ1v) is 10.7. The molecule has 2 aromatic heterocycles. The normalized spacial score (nSPS) is 11.0. The number of benzene rings is 3. The number of imidazole rings is 1. The molecule has 0 radical (unpaired) electrons. The van der Waals surface area contributed by atoms with Crippen LogP contribution in [0.5, 0.6) is 0 Å². The van der Waals surface area contributed by atoms with Crippen LogP contribution in [0.15, 0.2) is 90.0 Å². The first-order valence-electron chi connectivity index (χ1n) is 10.7. The minimum atomic E-state index is -0.314. The minimum Gasteiger partial charge on any atom is -0.361 e. The van der Waals surface area contributed by atoms with Crippen LogP contribution in [0.4, 0.5) is 21.5 Å². The van der Waals surface area contributed by atoms with Gasteiger partial charge < -0.3 is 14.0 Å². The predicted molar refractivity (Wildman–Crippen MR) is 128 cm³/mol. The van der Waals surface area contributed by atoms with E-state index in [0.717, 1.165) is 45.2 Å². The number of hydrogen-bond acceptors (Lipinski definition) is 4. The van der Waals surface area contributed by atoms with E-state index in [1.807, 2.05) is 50.2 Å². The molecule has 0 amide bonds. The highest BCUT2D eigenvalue weighted by atomic mass is 19.1. The van der Waals surface area contributed by atoms with E-state index in [4.69, 9.17) is 4.52 Å². The maximum atomic E-state index is 14.7. The lowest BCUT2D eigenvalue weighted by atomic mass is 10.00. The second kappa shape index (κ2) is 8.39. The van der Waals surface area contributed by atoms with Gasteiger partial charge in [0.15, 0.2) is 0 Å². The molecule has 0 aliphatic heterocycles. The molecule has 0 saturated carbocycles. The Morgan fingerprint density at radius 3 is 2.42 bits per heavy atom. The van der Waals surface area contributed by atoms with Gasteiger partial charge in [0.05, 0.1) is 17.7 Å². The summed E-state index contributed by atoms with van der Waals surface area (Å²) < 4.78 is 21.8. The summed E-state index contributed by atoms with van der Waals surface area (Å²) in [6.07, 6.45) is 4.97. The Labute approximate surface area is 191 Å². The van der Waals surface area contributed by atoms with Gasteiger partial charge in [0.1, 0.15) is 11.6 Å². The number of aromatic nitrogens is 3. The highest BCUT2D eigenvalue weighted by molar-refractivity contribution is 5.83. The van der Waals surface area contributed by atoms with E-state index < -0.39 is 0 Å². The van der Waals surface area contributed by atoms with Gasteiger partial charge >= 0.3 is 0 Å². The zero-order chi connectivity index (χ0) is 22.9. The van der Waals surface area contributed by atoms with Gasteiger partial charge in [-0.05, 0) is 68.3 Å². The Morgan fingerprint density at radius 1 is 0.909 bits per heavy atom.